The topological polar surface area (TPSA) is 84.6 Å². The van der Waals surface area contributed by atoms with Gasteiger partial charge in [-0.3, -0.25) is 4.79 Å². The number of carbonyl (C=O) groups is 1. The Hall–Kier alpha value is -3.00. The van der Waals surface area contributed by atoms with Crippen LogP contribution >= 0.6 is 0 Å². The first-order valence-corrected chi connectivity index (χ1v) is 10.3. The Morgan fingerprint density at radius 1 is 1.17 bits per heavy atom. The average molecular weight is 407 g/mol. The van der Waals surface area contributed by atoms with Crippen molar-refractivity contribution in [2.45, 2.75) is 26.8 Å². The Labute approximate surface area is 174 Å². The number of anilines is 1. The molecule has 2 saturated heterocycles. The first kappa shape index (κ1) is 19.0. The van der Waals surface area contributed by atoms with Gasteiger partial charge < -0.3 is 19.1 Å². The molecule has 1 aromatic carbocycles. The number of carbonyl (C=O) groups excluding carboxylic acids is 1. The Kier molecular flexibility index (Phi) is 4.66. The molecule has 8 heteroatoms. The van der Waals surface area contributed by atoms with Gasteiger partial charge in [0.1, 0.15) is 17.9 Å². The maximum atomic E-state index is 12.9. The van der Waals surface area contributed by atoms with Crippen molar-refractivity contribution in [1.29, 1.82) is 0 Å². The molecule has 30 heavy (non-hydrogen) atoms. The Morgan fingerprint density at radius 3 is 2.87 bits per heavy atom. The van der Waals surface area contributed by atoms with Crippen LogP contribution in [0.2, 0.25) is 0 Å². The number of ether oxygens (including phenoxy) is 1. The third-order valence-corrected chi connectivity index (χ3v) is 6.20. The van der Waals surface area contributed by atoms with E-state index in [0.29, 0.717) is 32.7 Å². The fourth-order valence-corrected chi connectivity index (χ4v) is 4.66. The minimum Gasteiger partial charge on any atom is -0.379 e. The number of para-hydroxylation sites is 1. The fourth-order valence-electron chi connectivity index (χ4n) is 4.66. The van der Waals surface area contributed by atoms with Crippen molar-refractivity contribution in [3.05, 3.63) is 47.6 Å². The van der Waals surface area contributed by atoms with Gasteiger partial charge in [-0.05, 0) is 26.0 Å². The molecule has 1 amide bonds. The second-order valence-corrected chi connectivity index (χ2v) is 8.42. The van der Waals surface area contributed by atoms with E-state index in [1.807, 2.05) is 43.0 Å². The van der Waals surface area contributed by atoms with E-state index in [1.165, 1.54) is 0 Å². The minimum absolute atomic E-state index is 0.146. The zero-order valence-electron chi connectivity index (χ0n) is 17.3. The maximum absolute atomic E-state index is 12.9. The van der Waals surface area contributed by atoms with Crippen molar-refractivity contribution < 1.29 is 14.1 Å². The van der Waals surface area contributed by atoms with E-state index in [0.717, 1.165) is 46.8 Å². The molecule has 0 aliphatic carbocycles. The highest BCUT2D eigenvalue weighted by Crippen LogP contribution is 2.37. The molecule has 2 aliphatic heterocycles. The molecule has 4 heterocycles. The van der Waals surface area contributed by atoms with Gasteiger partial charge in [0.25, 0.3) is 0 Å². The normalized spacial score (nSPS) is 22.3. The molecular weight excluding hydrogens is 382 g/mol. The second kappa shape index (κ2) is 7.36. The van der Waals surface area contributed by atoms with Gasteiger partial charge in [0, 0.05) is 42.4 Å². The molecule has 0 bridgehead atoms. The van der Waals surface area contributed by atoms with Crippen LogP contribution in [0.15, 0.2) is 35.1 Å². The van der Waals surface area contributed by atoms with Gasteiger partial charge in [0.15, 0.2) is 0 Å². The summed E-state index contributed by atoms with van der Waals surface area (Å²) < 4.78 is 11.3. The van der Waals surface area contributed by atoms with Gasteiger partial charge in [-0.2, -0.15) is 0 Å². The van der Waals surface area contributed by atoms with Gasteiger partial charge >= 0.3 is 0 Å². The van der Waals surface area contributed by atoms with Crippen molar-refractivity contribution in [1.82, 2.24) is 20.0 Å². The number of likely N-dealkylation sites (tertiary alicyclic amines) is 1. The highest BCUT2D eigenvalue weighted by molar-refractivity contribution is 5.89. The van der Waals surface area contributed by atoms with Crippen LogP contribution in [0.5, 0.6) is 0 Å². The summed E-state index contributed by atoms with van der Waals surface area (Å²) in [6.07, 6.45) is 2.08. The lowest BCUT2D eigenvalue weighted by Gasteiger charge is -2.32. The Bertz CT molecular complexity index is 1070. The summed E-state index contributed by atoms with van der Waals surface area (Å²) in [6, 6.07) is 8.03. The van der Waals surface area contributed by atoms with Gasteiger partial charge in [0.05, 0.1) is 31.0 Å². The third kappa shape index (κ3) is 3.31. The predicted molar refractivity (Wildman–Crippen MR) is 111 cm³/mol. The molecule has 156 valence electrons. The molecule has 8 nitrogen and oxygen atoms in total. The summed E-state index contributed by atoms with van der Waals surface area (Å²) in [7, 11) is 0. The van der Waals surface area contributed by atoms with Crippen molar-refractivity contribution in [3.8, 4) is 0 Å². The quantitative estimate of drug-likeness (QED) is 0.659. The van der Waals surface area contributed by atoms with Crippen LogP contribution in [-0.2, 0) is 16.1 Å². The molecule has 5 rings (SSSR count). The average Bonchev–Trinajstić information content (AvgIpc) is 3.13. The number of rotatable bonds is 3. The summed E-state index contributed by atoms with van der Waals surface area (Å²) in [5.41, 5.74) is 2.49. The smallest absolute Gasteiger partial charge is 0.223 e. The third-order valence-electron chi connectivity index (χ3n) is 6.20. The maximum Gasteiger partial charge on any atom is 0.223 e. The summed E-state index contributed by atoms with van der Waals surface area (Å²) in [5, 5.41) is 5.05. The lowest BCUT2D eigenvalue weighted by atomic mass is 9.87. The fraction of sp³-hybridized carbons (Fsp3) is 0.455. The van der Waals surface area contributed by atoms with Crippen molar-refractivity contribution >= 4 is 22.6 Å². The molecular formula is C22H25N5O3. The summed E-state index contributed by atoms with van der Waals surface area (Å²) in [6.45, 7) is 7.61. The van der Waals surface area contributed by atoms with E-state index >= 15 is 0 Å². The molecule has 2 aliphatic rings. The Balaban J connectivity index is 1.42. The van der Waals surface area contributed by atoms with Gasteiger partial charge in [-0.1, -0.05) is 17.3 Å². The van der Waals surface area contributed by atoms with Crippen molar-refractivity contribution in [2.75, 3.05) is 37.7 Å². The zero-order chi connectivity index (χ0) is 20.7. The van der Waals surface area contributed by atoms with E-state index in [4.69, 9.17) is 9.26 Å². The number of hydrogen-bond acceptors (Lipinski definition) is 7. The molecule has 0 saturated carbocycles. The van der Waals surface area contributed by atoms with Crippen LogP contribution in [0, 0.1) is 19.3 Å². The zero-order valence-corrected chi connectivity index (χ0v) is 17.3. The van der Waals surface area contributed by atoms with Crippen LogP contribution in [-0.4, -0.2) is 58.8 Å². The van der Waals surface area contributed by atoms with E-state index < -0.39 is 0 Å². The molecule has 0 N–H and O–H groups in total. The molecule has 1 spiro atoms. The summed E-state index contributed by atoms with van der Waals surface area (Å²) in [4.78, 5) is 26.1. The lowest BCUT2D eigenvalue weighted by Crippen LogP contribution is -2.41. The number of fused-ring (bicyclic) bond motifs is 1. The van der Waals surface area contributed by atoms with Crippen LogP contribution < -0.4 is 4.90 Å². The van der Waals surface area contributed by atoms with Crippen LogP contribution in [0.3, 0.4) is 0 Å². The van der Waals surface area contributed by atoms with Crippen LogP contribution in [0.1, 0.15) is 23.4 Å². The van der Waals surface area contributed by atoms with Crippen molar-refractivity contribution in [3.63, 3.8) is 0 Å². The minimum atomic E-state index is -0.265. The highest BCUT2D eigenvalue weighted by Gasteiger charge is 2.46. The number of amides is 1. The monoisotopic (exact) mass is 407 g/mol. The number of aromatic nitrogens is 3. The second-order valence-electron chi connectivity index (χ2n) is 8.42. The highest BCUT2D eigenvalue weighted by atomic mass is 16.5. The largest absolute Gasteiger partial charge is 0.379 e. The van der Waals surface area contributed by atoms with E-state index in [9.17, 15) is 4.79 Å². The SMILES string of the molecule is Cc1noc(C)c1CN1C[C@]2(COCCN(c3ncnc4ccccc34)C2)CC1=O. The van der Waals surface area contributed by atoms with Gasteiger partial charge in [-0.15, -0.1) is 0 Å². The molecule has 2 aromatic heterocycles. The van der Waals surface area contributed by atoms with Crippen LogP contribution in [0.4, 0.5) is 5.82 Å². The Morgan fingerprint density at radius 2 is 2.03 bits per heavy atom. The number of aryl methyl sites for hydroxylation is 2. The van der Waals surface area contributed by atoms with Crippen molar-refractivity contribution in [2.24, 2.45) is 5.41 Å². The molecule has 1 atom stereocenters. The van der Waals surface area contributed by atoms with Crippen LogP contribution in [0.25, 0.3) is 10.9 Å². The summed E-state index contributed by atoms with van der Waals surface area (Å²) >= 11 is 0. The van der Waals surface area contributed by atoms with Gasteiger partial charge in [-0.25, -0.2) is 9.97 Å². The van der Waals surface area contributed by atoms with Gasteiger partial charge in [0.2, 0.25) is 5.91 Å². The molecule has 3 aromatic rings. The number of nitrogens with zero attached hydrogens (tertiary/aromatic N) is 5. The first-order valence-electron chi connectivity index (χ1n) is 10.3. The molecule has 0 unspecified atom stereocenters. The predicted octanol–water partition coefficient (Wildman–Crippen LogP) is 2.49. The number of hydrogen-bond donors (Lipinski definition) is 0. The van der Waals surface area contributed by atoms with E-state index in [1.54, 1.807) is 6.33 Å². The summed E-state index contributed by atoms with van der Waals surface area (Å²) in [5.74, 6) is 1.82. The first-order chi connectivity index (χ1) is 14.5. The lowest BCUT2D eigenvalue weighted by molar-refractivity contribution is -0.128. The molecule has 0 radical (unpaired) electrons. The van der Waals surface area contributed by atoms with E-state index in [2.05, 4.69) is 20.0 Å². The molecule has 2 fully saturated rings. The number of benzene rings is 1. The van der Waals surface area contributed by atoms with E-state index in [-0.39, 0.29) is 11.3 Å². The standard InChI is InChI=1S/C22H25N5O3/c1-15-18(16(2)30-25-15)10-27-12-22(9-20(27)28)11-26(7-8-29-13-22)21-17-5-3-4-6-19(17)23-14-24-21/h3-6,14H,7-13H2,1-2H3/t22-/m0/s1.